The Morgan fingerprint density at radius 3 is 0.455 bits per heavy atom. The molecule has 0 aromatic carbocycles. The number of hydrogen-bond acceptors (Lipinski definition) is 8. The van der Waals surface area contributed by atoms with Gasteiger partial charge in [0.1, 0.15) is 0 Å². The topological polar surface area (TPSA) is 184 Å². The van der Waals surface area contributed by atoms with Crippen molar-refractivity contribution in [1.29, 1.82) is 0 Å². The Morgan fingerprint density at radius 1 is 0.409 bits per heavy atom. The molecule has 0 aliphatic carbocycles. The third kappa shape index (κ3) is 103. The van der Waals surface area contributed by atoms with Crippen LogP contribution in [-0.2, 0) is 43.4 Å². The Morgan fingerprint density at radius 2 is 0.455 bits per heavy atom. The maximum Gasteiger partial charge on any atom is 4.00 e. The number of hydrogen-bond donors (Lipinski definition) is 0. The first-order valence-electron chi connectivity index (χ1n) is 6.35. The zero-order valence-corrected chi connectivity index (χ0v) is 16.5. The maximum absolute atomic E-state index is 9.34. The van der Waals surface area contributed by atoms with Crippen LogP contribution in [0.5, 0.6) is 0 Å². The molecule has 128 valence electrons. The molecule has 0 spiro atoms. The summed E-state index contributed by atoms with van der Waals surface area (Å²) in [6.07, 6.45) is -5.69. The summed E-state index contributed by atoms with van der Waals surface area (Å²) >= 11 is 0. The van der Waals surface area contributed by atoms with E-state index in [4.69, 9.17) is 0 Å². The van der Waals surface area contributed by atoms with Crippen molar-refractivity contribution in [2.24, 2.45) is 0 Å². The second-order valence-electron chi connectivity index (χ2n) is 3.35. The van der Waals surface area contributed by atoms with Crippen LogP contribution in [-0.4, -0.2) is 25.2 Å². The van der Waals surface area contributed by atoms with Crippen LogP contribution in [0.25, 0.3) is 0 Å². The summed E-state index contributed by atoms with van der Waals surface area (Å²) in [4.78, 5) is 0. The second-order valence-corrected chi connectivity index (χ2v) is 3.35. The molecule has 0 aliphatic heterocycles. The summed E-state index contributed by atoms with van der Waals surface area (Å²) in [6, 6.07) is 0. The minimum absolute atomic E-state index is 0. The van der Waals surface area contributed by atoms with Crippen LogP contribution in [0.1, 0.15) is 53.4 Å². The van der Waals surface area contributed by atoms with E-state index in [1.54, 1.807) is 27.7 Å². The molecule has 8 nitrogen and oxygen atoms in total. The summed E-state index contributed by atoms with van der Waals surface area (Å²) < 4.78 is 0. The van der Waals surface area contributed by atoms with E-state index in [0.29, 0.717) is 0 Å². The van der Waals surface area contributed by atoms with Crippen molar-refractivity contribution in [1.82, 2.24) is 0 Å². The van der Waals surface area contributed by atoms with E-state index in [1.165, 1.54) is 0 Å². The van der Waals surface area contributed by atoms with Crippen molar-refractivity contribution in [2.75, 3.05) is 0 Å². The molecule has 0 rings (SSSR count). The van der Waals surface area contributed by atoms with Crippen molar-refractivity contribution in [3.05, 3.63) is 0 Å². The molecule has 0 unspecified atom stereocenters. The van der Waals surface area contributed by atoms with E-state index in [1.807, 2.05) is 0 Å². The SMILES string of the molecule is CCC([O-])[O-].CCC([O-])[O-].CCC([O-])[O-].CCC([O-])[O-].[Ti+4].[Ti+4]. The fourth-order valence-electron chi connectivity index (χ4n) is 0. The zero-order chi connectivity index (χ0) is 17.1. The van der Waals surface area contributed by atoms with Gasteiger partial charge in [0.25, 0.3) is 0 Å². The van der Waals surface area contributed by atoms with Crippen molar-refractivity contribution >= 4 is 0 Å². The molecule has 0 fully saturated rings. The standard InChI is InChI=1S/4C3H6O2.2Ti/c4*1-2-3(4)5;;/h4*3H,2H2,1H3;;/q4*-2;2*+4. The van der Waals surface area contributed by atoms with Crippen molar-refractivity contribution < 1.29 is 84.3 Å². The minimum atomic E-state index is -1.62. The summed E-state index contributed by atoms with van der Waals surface area (Å²) in [7, 11) is 0. The predicted molar refractivity (Wildman–Crippen MR) is 56.3 cm³/mol. The number of rotatable bonds is 4. The van der Waals surface area contributed by atoms with Gasteiger partial charge in [0.2, 0.25) is 0 Å². The van der Waals surface area contributed by atoms with E-state index >= 15 is 0 Å². The third-order valence-electron chi connectivity index (χ3n) is 1.33. The van der Waals surface area contributed by atoms with Crippen molar-refractivity contribution in [2.45, 2.75) is 78.5 Å². The van der Waals surface area contributed by atoms with Gasteiger partial charge in [0, 0.05) is 0 Å². The molecule has 0 bridgehead atoms. The molecule has 0 amide bonds. The quantitative estimate of drug-likeness (QED) is 0.334. The Balaban J connectivity index is -0.0000000376. The Bertz CT molecular complexity index is 117. The normalized spacial score (nSPS) is 8.73. The third-order valence-corrected chi connectivity index (χ3v) is 1.33. The smallest absolute Gasteiger partial charge is 0.865 e. The molecule has 0 N–H and O–H groups in total. The molecule has 0 aliphatic rings. The van der Waals surface area contributed by atoms with Crippen molar-refractivity contribution in [3.8, 4) is 0 Å². The first kappa shape index (κ1) is 38.6. The molecule has 0 aromatic heterocycles. The van der Waals surface area contributed by atoms with Gasteiger partial charge in [-0.05, 0) is 0 Å². The molecule has 10 heteroatoms. The van der Waals surface area contributed by atoms with Crippen LogP contribution in [0.3, 0.4) is 0 Å². The fourth-order valence-corrected chi connectivity index (χ4v) is 0. The van der Waals surface area contributed by atoms with E-state index < -0.39 is 25.2 Å². The summed E-state index contributed by atoms with van der Waals surface area (Å²) in [5.41, 5.74) is 0. The van der Waals surface area contributed by atoms with Crippen LogP contribution in [0.15, 0.2) is 0 Å². The Labute approximate surface area is 162 Å². The van der Waals surface area contributed by atoms with Gasteiger partial charge in [-0.15, -0.1) is 0 Å². The Hall–Kier alpha value is 1.11. The summed E-state index contributed by atoms with van der Waals surface area (Å²) in [5.74, 6) is 0. The molecule has 0 atom stereocenters. The second kappa shape index (κ2) is 33.7. The van der Waals surface area contributed by atoms with Crippen LogP contribution < -0.4 is 40.9 Å². The van der Waals surface area contributed by atoms with Crippen molar-refractivity contribution in [3.63, 3.8) is 0 Å². The molecule has 22 heavy (non-hydrogen) atoms. The first-order chi connectivity index (χ1) is 9.08. The fraction of sp³-hybridized carbons (Fsp3) is 1.00. The van der Waals surface area contributed by atoms with Gasteiger partial charge in [0.05, 0.1) is 0 Å². The molecule has 0 aromatic rings. The average molecular weight is 392 g/mol. The van der Waals surface area contributed by atoms with Crippen LogP contribution in [0, 0.1) is 0 Å². The summed E-state index contributed by atoms with van der Waals surface area (Å²) in [6.45, 7) is 6.30. The van der Waals surface area contributed by atoms with Gasteiger partial charge in [-0.1, -0.05) is 53.4 Å². The van der Waals surface area contributed by atoms with Gasteiger partial charge in [-0.25, -0.2) is 25.2 Å². The Kier molecular flexibility index (Phi) is 59.0. The van der Waals surface area contributed by atoms with Crippen LogP contribution >= 0.6 is 0 Å². The monoisotopic (exact) mass is 392 g/mol. The van der Waals surface area contributed by atoms with Crippen LogP contribution in [0.4, 0.5) is 0 Å². The van der Waals surface area contributed by atoms with E-state index in [0.717, 1.165) is 0 Å². The van der Waals surface area contributed by atoms with E-state index in [9.17, 15) is 40.9 Å². The molecular weight excluding hydrogens is 368 g/mol. The summed E-state index contributed by atoms with van der Waals surface area (Å²) in [5, 5.41) is 74.7. The van der Waals surface area contributed by atoms with E-state index in [-0.39, 0.29) is 69.1 Å². The molecule has 0 heterocycles. The minimum Gasteiger partial charge on any atom is -0.865 e. The van der Waals surface area contributed by atoms with Gasteiger partial charge < -0.3 is 40.9 Å². The van der Waals surface area contributed by atoms with Gasteiger partial charge in [-0.2, -0.15) is 0 Å². The molecule has 0 radical (unpaired) electrons. The molecule has 0 saturated carbocycles. The van der Waals surface area contributed by atoms with Gasteiger partial charge in [0.15, 0.2) is 0 Å². The van der Waals surface area contributed by atoms with Crippen LogP contribution in [0.2, 0.25) is 0 Å². The molecule has 0 saturated heterocycles. The maximum atomic E-state index is 9.34. The average Bonchev–Trinajstić information content (AvgIpc) is 2.40. The zero-order valence-electron chi connectivity index (χ0n) is 13.4. The van der Waals surface area contributed by atoms with Gasteiger partial charge >= 0.3 is 43.4 Å². The van der Waals surface area contributed by atoms with E-state index in [2.05, 4.69) is 0 Å². The van der Waals surface area contributed by atoms with Gasteiger partial charge in [-0.3, -0.25) is 0 Å². The first-order valence-corrected chi connectivity index (χ1v) is 6.35. The predicted octanol–water partition coefficient (Wildman–Crippen LogP) is -6.23. The largest absolute Gasteiger partial charge is 4.00 e. The molecular formula is C12H24O8Ti2.